The topological polar surface area (TPSA) is 94.5 Å². The quantitative estimate of drug-likeness (QED) is 0.419. The van der Waals surface area contributed by atoms with Gasteiger partial charge in [0, 0.05) is 24.1 Å². The van der Waals surface area contributed by atoms with Crippen LogP contribution in [0.15, 0.2) is 42.6 Å². The number of anilines is 2. The van der Waals surface area contributed by atoms with E-state index < -0.39 is 5.97 Å². The van der Waals surface area contributed by atoms with Crippen LogP contribution in [0.5, 0.6) is 0 Å². The third kappa shape index (κ3) is 5.23. The number of methoxy groups -OCH3 is 1. The van der Waals surface area contributed by atoms with Crippen molar-refractivity contribution in [2.24, 2.45) is 5.92 Å². The maximum atomic E-state index is 13.2. The van der Waals surface area contributed by atoms with E-state index in [2.05, 4.69) is 10.6 Å². The first-order valence-corrected chi connectivity index (χ1v) is 13.0. The van der Waals surface area contributed by atoms with E-state index in [0.717, 1.165) is 25.1 Å². The molecule has 0 bridgehead atoms. The van der Waals surface area contributed by atoms with Crippen molar-refractivity contribution >= 4 is 34.3 Å². The zero-order chi connectivity index (χ0) is 24.9. The number of hydrogen-bond acceptors (Lipinski definition) is 6. The second-order valence-electron chi connectivity index (χ2n) is 9.76. The number of nitrogens with zero attached hydrogens (tertiary/aromatic N) is 2. The van der Waals surface area contributed by atoms with Gasteiger partial charge in [0.1, 0.15) is 5.65 Å². The van der Waals surface area contributed by atoms with Crippen LogP contribution in [-0.2, 0) is 16.0 Å². The molecule has 2 N–H and O–H groups in total. The molecule has 1 saturated carbocycles. The average molecular weight is 491 g/mol. The van der Waals surface area contributed by atoms with E-state index in [1.807, 2.05) is 28.8 Å². The Hall–Kier alpha value is -3.39. The number of esters is 1. The van der Waals surface area contributed by atoms with Crippen molar-refractivity contribution in [2.75, 3.05) is 30.9 Å². The molecule has 2 aliphatic rings. The smallest absolute Gasteiger partial charge is 0.356 e. The maximum Gasteiger partial charge on any atom is 0.356 e. The lowest BCUT2D eigenvalue weighted by Gasteiger charge is -2.22. The van der Waals surface area contributed by atoms with Crippen LogP contribution in [0.2, 0.25) is 0 Å². The molecule has 190 valence electrons. The fourth-order valence-electron chi connectivity index (χ4n) is 5.36. The highest BCUT2D eigenvalue weighted by atomic mass is 16.5. The van der Waals surface area contributed by atoms with E-state index in [0.29, 0.717) is 41.4 Å². The first-order chi connectivity index (χ1) is 17.6. The molecule has 1 saturated heterocycles. The molecule has 1 atom stereocenters. The highest BCUT2D eigenvalue weighted by Crippen LogP contribution is 2.34. The molecule has 1 aliphatic heterocycles. The van der Waals surface area contributed by atoms with Crippen LogP contribution in [0.25, 0.3) is 11.0 Å². The van der Waals surface area contributed by atoms with Crippen LogP contribution in [-0.4, -0.2) is 47.8 Å². The predicted octanol–water partition coefficient (Wildman–Crippen LogP) is 5.25. The first-order valence-electron chi connectivity index (χ1n) is 13.0. The lowest BCUT2D eigenvalue weighted by molar-refractivity contribution is 0.0580. The third-order valence-electron chi connectivity index (χ3n) is 7.28. The Labute approximate surface area is 211 Å². The van der Waals surface area contributed by atoms with E-state index in [4.69, 9.17) is 14.5 Å². The first kappa shape index (κ1) is 24.3. The monoisotopic (exact) mass is 490 g/mol. The Morgan fingerprint density at radius 3 is 2.64 bits per heavy atom. The number of aromatic nitrogens is 2. The van der Waals surface area contributed by atoms with Gasteiger partial charge in [0.05, 0.1) is 37.3 Å². The highest BCUT2D eigenvalue weighted by Gasteiger charge is 2.29. The molecule has 1 aromatic carbocycles. The van der Waals surface area contributed by atoms with Crippen molar-refractivity contribution in [3.8, 4) is 0 Å². The standard InChI is InChI=1S/C28H34N4O4/c1-35-28(34)25-24(31-27(33)20-11-6-3-7-12-20)23-15-21(29-16-19-9-4-2-5-10-19)17-30-26(23)32(25)18-22-13-8-14-36-22/h3,6-7,11-12,15,17,19,22,29H,2,4-5,8-10,13-14,16,18H2,1H3,(H,31,33). The minimum Gasteiger partial charge on any atom is -0.464 e. The Morgan fingerprint density at radius 2 is 1.92 bits per heavy atom. The van der Waals surface area contributed by atoms with Gasteiger partial charge in [-0.2, -0.15) is 0 Å². The number of benzene rings is 1. The number of rotatable bonds is 8. The molecule has 2 fully saturated rings. The molecule has 8 nitrogen and oxygen atoms in total. The number of pyridine rings is 1. The van der Waals surface area contributed by atoms with Crippen LogP contribution in [0, 0.1) is 5.92 Å². The van der Waals surface area contributed by atoms with Crippen molar-refractivity contribution in [3.05, 3.63) is 53.9 Å². The van der Waals surface area contributed by atoms with Crippen molar-refractivity contribution in [2.45, 2.75) is 57.6 Å². The van der Waals surface area contributed by atoms with E-state index in [9.17, 15) is 9.59 Å². The van der Waals surface area contributed by atoms with Gasteiger partial charge in [0.25, 0.3) is 5.91 Å². The number of fused-ring (bicyclic) bond motifs is 1. The molecule has 36 heavy (non-hydrogen) atoms. The van der Waals surface area contributed by atoms with Crippen molar-refractivity contribution in [1.29, 1.82) is 0 Å². The molecule has 0 spiro atoms. The Kier molecular flexibility index (Phi) is 7.51. The summed E-state index contributed by atoms with van der Waals surface area (Å²) in [6, 6.07) is 10.9. The van der Waals surface area contributed by atoms with Crippen LogP contribution in [0.3, 0.4) is 0 Å². The molecule has 1 unspecified atom stereocenters. The van der Waals surface area contributed by atoms with Gasteiger partial charge in [-0.15, -0.1) is 0 Å². The van der Waals surface area contributed by atoms with Gasteiger partial charge < -0.3 is 24.7 Å². The number of hydrogen-bond donors (Lipinski definition) is 2. The molecule has 2 aromatic heterocycles. The third-order valence-corrected chi connectivity index (χ3v) is 7.28. The van der Waals surface area contributed by atoms with Gasteiger partial charge in [-0.3, -0.25) is 4.79 Å². The Bertz CT molecular complexity index is 1210. The number of carbonyl (C=O) groups is 2. The second kappa shape index (κ2) is 11.1. The molecule has 5 rings (SSSR count). The summed E-state index contributed by atoms with van der Waals surface area (Å²) in [4.78, 5) is 31.0. The number of carbonyl (C=O) groups excluding carboxylic acids is 2. The van der Waals surface area contributed by atoms with Gasteiger partial charge in [-0.1, -0.05) is 37.5 Å². The molecule has 8 heteroatoms. The van der Waals surface area contributed by atoms with Gasteiger partial charge in [0.15, 0.2) is 5.69 Å². The number of ether oxygens (including phenoxy) is 2. The maximum absolute atomic E-state index is 13.2. The van der Waals surface area contributed by atoms with Crippen molar-refractivity contribution < 1.29 is 19.1 Å². The molecule has 3 heterocycles. The SMILES string of the molecule is COC(=O)c1c(NC(=O)c2ccccc2)c2cc(NCC3CCCCC3)cnc2n1CC1CCCO1. The minimum atomic E-state index is -0.522. The van der Waals surface area contributed by atoms with E-state index in [-0.39, 0.29) is 17.7 Å². The number of nitrogens with one attached hydrogen (secondary N) is 2. The molecule has 3 aromatic rings. The largest absolute Gasteiger partial charge is 0.464 e. The lowest BCUT2D eigenvalue weighted by Crippen LogP contribution is -2.21. The highest BCUT2D eigenvalue weighted by molar-refractivity contribution is 6.14. The summed E-state index contributed by atoms with van der Waals surface area (Å²) < 4.78 is 12.9. The van der Waals surface area contributed by atoms with Crippen LogP contribution < -0.4 is 10.6 Å². The van der Waals surface area contributed by atoms with Gasteiger partial charge >= 0.3 is 5.97 Å². The molecular weight excluding hydrogens is 456 g/mol. The molecule has 1 amide bonds. The normalized spacial score (nSPS) is 18.3. The van der Waals surface area contributed by atoms with Gasteiger partial charge in [-0.05, 0) is 49.8 Å². The van der Waals surface area contributed by atoms with Crippen LogP contribution in [0.1, 0.15) is 65.8 Å². The van der Waals surface area contributed by atoms with Gasteiger partial charge in [0.2, 0.25) is 0 Å². The second-order valence-corrected chi connectivity index (χ2v) is 9.76. The van der Waals surface area contributed by atoms with E-state index in [1.165, 1.54) is 39.2 Å². The molecule has 1 aliphatic carbocycles. The summed E-state index contributed by atoms with van der Waals surface area (Å²) in [5.74, 6) is -0.162. The van der Waals surface area contributed by atoms with Crippen molar-refractivity contribution in [1.82, 2.24) is 9.55 Å². The molecule has 0 radical (unpaired) electrons. The van der Waals surface area contributed by atoms with E-state index in [1.54, 1.807) is 18.3 Å². The summed E-state index contributed by atoms with van der Waals surface area (Å²) in [6.45, 7) is 2.06. The van der Waals surface area contributed by atoms with Crippen LogP contribution >= 0.6 is 0 Å². The predicted molar refractivity (Wildman–Crippen MR) is 140 cm³/mol. The lowest BCUT2D eigenvalue weighted by atomic mass is 9.89. The summed E-state index contributed by atoms with van der Waals surface area (Å²) in [5.41, 5.74) is 2.70. The Morgan fingerprint density at radius 1 is 1.11 bits per heavy atom. The zero-order valence-corrected chi connectivity index (χ0v) is 20.8. The van der Waals surface area contributed by atoms with Crippen LogP contribution in [0.4, 0.5) is 11.4 Å². The number of amides is 1. The van der Waals surface area contributed by atoms with Crippen molar-refractivity contribution in [3.63, 3.8) is 0 Å². The summed E-state index contributed by atoms with van der Waals surface area (Å²) in [6.07, 6.45) is 10.1. The fourth-order valence-corrected chi connectivity index (χ4v) is 5.36. The summed E-state index contributed by atoms with van der Waals surface area (Å²) >= 11 is 0. The summed E-state index contributed by atoms with van der Waals surface area (Å²) in [5, 5.41) is 7.23. The minimum absolute atomic E-state index is 0.0208. The average Bonchev–Trinajstić information content (AvgIpc) is 3.54. The molecular formula is C28H34N4O4. The van der Waals surface area contributed by atoms with Gasteiger partial charge in [-0.25, -0.2) is 9.78 Å². The Balaban J connectivity index is 1.54. The zero-order valence-electron chi connectivity index (χ0n) is 20.8. The van der Waals surface area contributed by atoms with E-state index >= 15 is 0 Å². The summed E-state index contributed by atoms with van der Waals surface area (Å²) in [7, 11) is 1.35. The fraction of sp³-hybridized carbons (Fsp3) is 0.464.